The van der Waals surface area contributed by atoms with Crippen molar-refractivity contribution in [2.24, 2.45) is 0 Å². The molecule has 2 aromatic carbocycles. The van der Waals surface area contributed by atoms with Gasteiger partial charge in [0.05, 0.1) is 32.9 Å². The molecular formula is C22H26N2O5. The molecule has 0 spiro atoms. The summed E-state index contributed by atoms with van der Waals surface area (Å²) in [6, 6.07) is 11.0. The molecule has 2 amide bonds. The van der Waals surface area contributed by atoms with E-state index in [0.29, 0.717) is 36.1 Å². The number of para-hydroxylation sites is 2. The van der Waals surface area contributed by atoms with E-state index in [1.165, 1.54) is 4.90 Å². The number of hydrogen-bond acceptors (Lipinski definition) is 5. The first-order valence-corrected chi connectivity index (χ1v) is 9.42. The van der Waals surface area contributed by atoms with Gasteiger partial charge in [-0.05, 0) is 42.3 Å². The first-order valence-electron chi connectivity index (χ1n) is 9.42. The monoisotopic (exact) mass is 398 g/mol. The second-order valence-electron chi connectivity index (χ2n) is 6.93. The molecule has 0 saturated heterocycles. The van der Waals surface area contributed by atoms with Crippen LogP contribution in [0.2, 0.25) is 0 Å². The van der Waals surface area contributed by atoms with Gasteiger partial charge in [-0.3, -0.25) is 14.5 Å². The smallest absolute Gasteiger partial charge is 0.242 e. The third-order valence-corrected chi connectivity index (χ3v) is 5.00. The van der Waals surface area contributed by atoms with E-state index in [-0.39, 0.29) is 24.8 Å². The molecular weight excluding hydrogens is 372 g/mol. The molecule has 1 aliphatic rings. The van der Waals surface area contributed by atoms with Crippen molar-refractivity contribution in [2.45, 2.75) is 19.9 Å². The third-order valence-electron chi connectivity index (χ3n) is 5.00. The van der Waals surface area contributed by atoms with Gasteiger partial charge in [0.1, 0.15) is 12.3 Å². The normalized spacial score (nSPS) is 13.2. The van der Waals surface area contributed by atoms with Crippen molar-refractivity contribution in [3.05, 3.63) is 47.5 Å². The average molecular weight is 398 g/mol. The number of benzene rings is 2. The number of amides is 2. The Balaban J connectivity index is 1.77. The fourth-order valence-electron chi connectivity index (χ4n) is 3.29. The van der Waals surface area contributed by atoms with Crippen molar-refractivity contribution >= 4 is 17.5 Å². The Morgan fingerprint density at radius 3 is 2.59 bits per heavy atom. The molecule has 0 fully saturated rings. The lowest BCUT2D eigenvalue weighted by Gasteiger charge is -2.25. The lowest BCUT2D eigenvalue weighted by molar-refractivity contribution is -0.130. The fraction of sp³-hybridized carbons (Fsp3) is 0.364. The van der Waals surface area contributed by atoms with E-state index in [4.69, 9.17) is 14.2 Å². The lowest BCUT2D eigenvalue weighted by Crippen LogP contribution is -2.41. The van der Waals surface area contributed by atoms with E-state index < -0.39 is 0 Å². The SMILES string of the molecule is COc1cc(C)c(CN(C)C(=O)CN2C(=O)CCOc3ccccc32)cc1OC. The lowest BCUT2D eigenvalue weighted by atomic mass is 10.1. The molecule has 0 N–H and O–H groups in total. The van der Waals surface area contributed by atoms with Crippen LogP contribution in [0, 0.1) is 6.92 Å². The summed E-state index contributed by atoms with van der Waals surface area (Å²) < 4.78 is 16.3. The van der Waals surface area contributed by atoms with E-state index in [1.807, 2.05) is 37.3 Å². The van der Waals surface area contributed by atoms with Gasteiger partial charge in [-0.15, -0.1) is 0 Å². The van der Waals surface area contributed by atoms with E-state index in [1.54, 1.807) is 32.2 Å². The Morgan fingerprint density at radius 2 is 1.86 bits per heavy atom. The van der Waals surface area contributed by atoms with E-state index in [9.17, 15) is 9.59 Å². The highest BCUT2D eigenvalue weighted by atomic mass is 16.5. The highest BCUT2D eigenvalue weighted by molar-refractivity contribution is 6.00. The van der Waals surface area contributed by atoms with Crippen molar-refractivity contribution < 1.29 is 23.8 Å². The van der Waals surface area contributed by atoms with Gasteiger partial charge in [0, 0.05) is 13.6 Å². The van der Waals surface area contributed by atoms with Crippen molar-refractivity contribution in [3.63, 3.8) is 0 Å². The van der Waals surface area contributed by atoms with Crippen molar-refractivity contribution in [1.29, 1.82) is 0 Å². The fourth-order valence-corrected chi connectivity index (χ4v) is 3.29. The minimum atomic E-state index is -0.163. The molecule has 0 radical (unpaired) electrons. The van der Waals surface area contributed by atoms with Crippen LogP contribution >= 0.6 is 0 Å². The van der Waals surface area contributed by atoms with Crippen LogP contribution in [0.1, 0.15) is 17.5 Å². The number of hydrogen-bond donors (Lipinski definition) is 0. The van der Waals surface area contributed by atoms with Gasteiger partial charge in [0.15, 0.2) is 11.5 Å². The molecule has 3 rings (SSSR count). The number of ether oxygens (including phenoxy) is 3. The molecule has 29 heavy (non-hydrogen) atoms. The quantitative estimate of drug-likeness (QED) is 0.749. The van der Waals surface area contributed by atoms with Gasteiger partial charge in [-0.1, -0.05) is 12.1 Å². The first kappa shape index (κ1) is 20.5. The summed E-state index contributed by atoms with van der Waals surface area (Å²) in [6.45, 7) is 2.62. The number of carbonyl (C=O) groups is 2. The molecule has 0 aliphatic carbocycles. The summed E-state index contributed by atoms with van der Waals surface area (Å²) >= 11 is 0. The molecule has 0 aromatic heterocycles. The molecule has 0 atom stereocenters. The number of carbonyl (C=O) groups excluding carboxylic acids is 2. The number of anilines is 1. The van der Waals surface area contributed by atoms with Crippen molar-refractivity contribution in [1.82, 2.24) is 4.90 Å². The highest BCUT2D eigenvalue weighted by Crippen LogP contribution is 2.32. The third kappa shape index (κ3) is 4.45. The summed E-state index contributed by atoms with van der Waals surface area (Å²) in [7, 11) is 4.89. The minimum absolute atomic E-state index is 0.0396. The predicted molar refractivity (Wildman–Crippen MR) is 110 cm³/mol. The molecule has 0 bridgehead atoms. The molecule has 2 aromatic rings. The van der Waals surface area contributed by atoms with Gasteiger partial charge < -0.3 is 19.1 Å². The van der Waals surface area contributed by atoms with Crippen LogP contribution in [0.3, 0.4) is 0 Å². The average Bonchev–Trinajstić information content (AvgIpc) is 2.88. The van der Waals surface area contributed by atoms with Gasteiger partial charge in [-0.25, -0.2) is 0 Å². The number of rotatable bonds is 6. The van der Waals surface area contributed by atoms with E-state index in [2.05, 4.69) is 0 Å². The van der Waals surface area contributed by atoms with Crippen LogP contribution in [0.4, 0.5) is 5.69 Å². The number of fused-ring (bicyclic) bond motifs is 1. The van der Waals surface area contributed by atoms with Gasteiger partial charge in [-0.2, -0.15) is 0 Å². The molecule has 154 valence electrons. The van der Waals surface area contributed by atoms with Crippen LogP contribution in [0.25, 0.3) is 0 Å². The summed E-state index contributed by atoms with van der Waals surface area (Å²) in [6.07, 6.45) is 0.237. The number of nitrogens with zero attached hydrogens (tertiary/aromatic N) is 2. The Bertz CT molecular complexity index is 912. The maximum atomic E-state index is 12.9. The molecule has 7 nitrogen and oxygen atoms in total. The zero-order chi connectivity index (χ0) is 21.0. The van der Waals surface area contributed by atoms with Gasteiger partial charge >= 0.3 is 0 Å². The van der Waals surface area contributed by atoms with Crippen molar-refractivity contribution in [2.75, 3.05) is 39.3 Å². The summed E-state index contributed by atoms with van der Waals surface area (Å²) in [4.78, 5) is 28.6. The molecule has 7 heteroatoms. The molecule has 1 heterocycles. The summed E-state index contributed by atoms with van der Waals surface area (Å²) in [5.41, 5.74) is 2.57. The zero-order valence-corrected chi connectivity index (χ0v) is 17.2. The number of aryl methyl sites for hydroxylation is 1. The predicted octanol–water partition coefficient (Wildman–Crippen LogP) is 2.79. The van der Waals surface area contributed by atoms with Crippen LogP contribution in [-0.4, -0.2) is 51.1 Å². The van der Waals surface area contributed by atoms with Crippen LogP contribution in [0.5, 0.6) is 17.2 Å². The Kier molecular flexibility index (Phi) is 6.26. The van der Waals surface area contributed by atoms with Crippen LogP contribution in [-0.2, 0) is 16.1 Å². The van der Waals surface area contributed by atoms with Gasteiger partial charge in [0.25, 0.3) is 0 Å². The van der Waals surface area contributed by atoms with Crippen LogP contribution in [0.15, 0.2) is 36.4 Å². The molecule has 0 saturated carbocycles. The second kappa shape index (κ2) is 8.86. The largest absolute Gasteiger partial charge is 0.493 e. The Morgan fingerprint density at radius 1 is 1.17 bits per heavy atom. The number of likely N-dealkylation sites (N-methyl/N-ethyl adjacent to an activating group) is 1. The summed E-state index contributed by atoms with van der Waals surface area (Å²) in [5, 5.41) is 0. The standard InChI is InChI=1S/C22H26N2O5/c1-15-11-19(27-3)20(28-4)12-16(15)13-23(2)22(26)14-24-17-7-5-6-8-18(17)29-10-9-21(24)25/h5-8,11-12H,9-10,13-14H2,1-4H3. The van der Waals surface area contributed by atoms with E-state index in [0.717, 1.165) is 11.1 Å². The topological polar surface area (TPSA) is 68.3 Å². The Labute approximate surface area is 170 Å². The van der Waals surface area contributed by atoms with Crippen molar-refractivity contribution in [3.8, 4) is 17.2 Å². The second-order valence-corrected chi connectivity index (χ2v) is 6.93. The maximum Gasteiger partial charge on any atom is 0.242 e. The highest BCUT2D eigenvalue weighted by Gasteiger charge is 2.26. The molecule has 1 aliphatic heterocycles. The zero-order valence-electron chi connectivity index (χ0n) is 17.2. The summed E-state index contributed by atoms with van der Waals surface area (Å²) in [5.74, 6) is 1.59. The Hall–Kier alpha value is -3.22. The maximum absolute atomic E-state index is 12.9. The van der Waals surface area contributed by atoms with E-state index >= 15 is 0 Å². The minimum Gasteiger partial charge on any atom is -0.493 e. The first-order chi connectivity index (χ1) is 13.9. The van der Waals surface area contributed by atoms with Gasteiger partial charge in [0.2, 0.25) is 11.8 Å². The number of methoxy groups -OCH3 is 2. The molecule has 0 unspecified atom stereocenters. The van der Waals surface area contributed by atoms with Crippen LogP contribution < -0.4 is 19.1 Å².